The molecular formula is C25H29ClN2O3S2. The number of thiophene rings is 1. The van der Waals surface area contributed by atoms with Crippen LogP contribution in [0.5, 0.6) is 0 Å². The second-order valence-corrected chi connectivity index (χ2v) is 11.4. The van der Waals surface area contributed by atoms with Gasteiger partial charge in [0.2, 0.25) is 15.9 Å². The van der Waals surface area contributed by atoms with Gasteiger partial charge in [-0.1, -0.05) is 48.9 Å². The maximum absolute atomic E-state index is 13.6. The lowest BCUT2D eigenvalue weighted by Crippen LogP contribution is -2.46. The molecule has 1 amide bonds. The van der Waals surface area contributed by atoms with E-state index in [1.54, 1.807) is 28.4 Å². The van der Waals surface area contributed by atoms with Crippen molar-refractivity contribution >= 4 is 38.9 Å². The number of sulfonamides is 1. The molecule has 0 bridgehead atoms. The maximum atomic E-state index is 13.6. The summed E-state index contributed by atoms with van der Waals surface area (Å²) in [5.74, 6) is -0.232. The van der Waals surface area contributed by atoms with Gasteiger partial charge >= 0.3 is 0 Å². The summed E-state index contributed by atoms with van der Waals surface area (Å²) in [4.78, 5) is 16.5. The normalized spacial score (nSPS) is 12.6. The van der Waals surface area contributed by atoms with Gasteiger partial charge in [-0.25, -0.2) is 8.42 Å². The fraction of sp³-hybridized carbons (Fsp3) is 0.320. The Morgan fingerprint density at radius 2 is 1.70 bits per heavy atom. The van der Waals surface area contributed by atoms with Crippen molar-refractivity contribution < 1.29 is 13.2 Å². The summed E-state index contributed by atoms with van der Waals surface area (Å²) in [7, 11) is -3.87. The van der Waals surface area contributed by atoms with Crippen molar-refractivity contribution in [2.24, 2.45) is 0 Å². The summed E-state index contributed by atoms with van der Waals surface area (Å²) in [5.41, 5.74) is 2.12. The van der Waals surface area contributed by atoms with Crippen LogP contribution in [0.1, 0.15) is 36.3 Å². The van der Waals surface area contributed by atoms with Crippen molar-refractivity contribution in [3.05, 3.63) is 87.1 Å². The average molecular weight is 505 g/mol. The van der Waals surface area contributed by atoms with Gasteiger partial charge in [0.25, 0.3) is 0 Å². The summed E-state index contributed by atoms with van der Waals surface area (Å²) in [5, 5.41) is 2.47. The van der Waals surface area contributed by atoms with Crippen LogP contribution >= 0.6 is 22.9 Å². The van der Waals surface area contributed by atoms with Gasteiger partial charge in [-0.15, -0.1) is 11.3 Å². The molecule has 0 saturated heterocycles. The fourth-order valence-electron chi connectivity index (χ4n) is 3.43. The highest BCUT2D eigenvalue weighted by Gasteiger charge is 2.32. The average Bonchev–Trinajstić information content (AvgIpc) is 3.21. The highest BCUT2D eigenvalue weighted by molar-refractivity contribution is 7.89. The van der Waals surface area contributed by atoms with Crippen LogP contribution in [0, 0.1) is 6.92 Å². The van der Waals surface area contributed by atoms with Gasteiger partial charge in [0, 0.05) is 22.5 Å². The van der Waals surface area contributed by atoms with Gasteiger partial charge < -0.3 is 4.90 Å². The number of aryl methyl sites for hydroxylation is 1. The predicted octanol–water partition coefficient (Wildman–Crippen LogP) is 5.73. The van der Waals surface area contributed by atoms with Gasteiger partial charge in [0.1, 0.15) is 0 Å². The van der Waals surface area contributed by atoms with E-state index >= 15 is 0 Å². The van der Waals surface area contributed by atoms with E-state index in [-0.39, 0.29) is 23.4 Å². The minimum absolute atomic E-state index is 0.128. The molecule has 1 aromatic heterocycles. The number of benzene rings is 2. The van der Waals surface area contributed by atoms with E-state index in [2.05, 4.69) is 0 Å². The van der Waals surface area contributed by atoms with Gasteiger partial charge in [0.05, 0.1) is 18.0 Å². The molecule has 2 aromatic carbocycles. The van der Waals surface area contributed by atoms with E-state index in [1.807, 2.05) is 62.5 Å². The van der Waals surface area contributed by atoms with Gasteiger partial charge in [-0.05, 0) is 67.1 Å². The third-order valence-electron chi connectivity index (χ3n) is 5.67. The quantitative estimate of drug-likeness (QED) is 0.354. The summed E-state index contributed by atoms with van der Waals surface area (Å²) in [6.07, 6.45) is 0.586. The zero-order valence-corrected chi connectivity index (χ0v) is 21.5. The molecule has 5 nitrogen and oxygen atoms in total. The number of nitrogens with zero attached hydrogens (tertiary/aromatic N) is 2. The first-order chi connectivity index (χ1) is 15.7. The van der Waals surface area contributed by atoms with Gasteiger partial charge in [0.15, 0.2) is 0 Å². The molecular weight excluding hydrogens is 476 g/mol. The maximum Gasteiger partial charge on any atom is 0.243 e. The Bertz CT molecular complexity index is 1160. The van der Waals surface area contributed by atoms with Gasteiger partial charge in [-0.2, -0.15) is 4.31 Å². The molecule has 1 heterocycles. The van der Waals surface area contributed by atoms with E-state index in [4.69, 9.17) is 11.6 Å². The molecule has 0 radical (unpaired) electrons. The van der Waals surface area contributed by atoms with Crippen molar-refractivity contribution in [2.45, 2.75) is 51.2 Å². The molecule has 1 atom stereocenters. The Kier molecular flexibility index (Phi) is 8.70. The number of halogens is 1. The van der Waals surface area contributed by atoms with Crippen molar-refractivity contribution in [1.82, 2.24) is 9.21 Å². The van der Waals surface area contributed by atoms with Crippen molar-refractivity contribution in [2.75, 3.05) is 6.54 Å². The Morgan fingerprint density at radius 3 is 2.27 bits per heavy atom. The van der Waals surface area contributed by atoms with Crippen LogP contribution in [0.2, 0.25) is 5.02 Å². The van der Waals surface area contributed by atoms with E-state index < -0.39 is 10.0 Å². The summed E-state index contributed by atoms with van der Waals surface area (Å²) in [6.45, 7) is 6.38. The highest BCUT2D eigenvalue weighted by atomic mass is 35.5. The van der Waals surface area contributed by atoms with E-state index in [0.717, 1.165) is 16.0 Å². The first kappa shape index (κ1) is 25.4. The SMILES string of the molecule is CCC(C)N(CC(=O)N(Cc1ccccc1)Cc1sccc1C)S(=O)(=O)c1ccc(Cl)cc1. The molecule has 3 rings (SSSR count). The fourth-order valence-corrected chi connectivity index (χ4v) is 6.13. The topological polar surface area (TPSA) is 57.7 Å². The molecule has 0 aliphatic carbocycles. The van der Waals surface area contributed by atoms with Crippen LogP contribution in [0.4, 0.5) is 0 Å². The van der Waals surface area contributed by atoms with Crippen LogP contribution in [0.3, 0.4) is 0 Å². The highest BCUT2D eigenvalue weighted by Crippen LogP contribution is 2.24. The molecule has 176 valence electrons. The number of hydrogen-bond donors (Lipinski definition) is 0. The summed E-state index contributed by atoms with van der Waals surface area (Å²) in [6, 6.07) is 17.5. The first-order valence-corrected chi connectivity index (χ1v) is 13.5. The lowest BCUT2D eigenvalue weighted by atomic mass is 10.2. The molecule has 3 aromatic rings. The second kappa shape index (κ2) is 11.3. The summed E-state index contributed by atoms with van der Waals surface area (Å²) < 4.78 is 28.2. The molecule has 8 heteroatoms. The lowest BCUT2D eigenvalue weighted by Gasteiger charge is -2.30. The third kappa shape index (κ3) is 6.44. The summed E-state index contributed by atoms with van der Waals surface area (Å²) >= 11 is 7.55. The van der Waals surface area contributed by atoms with E-state index in [1.165, 1.54) is 16.4 Å². The number of carbonyl (C=O) groups is 1. The number of carbonyl (C=O) groups excluding carboxylic acids is 1. The van der Waals surface area contributed by atoms with Crippen molar-refractivity contribution in [1.29, 1.82) is 0 Å². The number of rotatable bonds is 10. The Morgan fingerprint density at radius 1 is 1.03 bits per heavy atom. The predicted molar refractivity (Wildman–Crippen MR) is 135 cm³/mol. The van der Waals surface area contributed by atoms with E-state index in [9.17, 15) is 13.2 Å². The van der Waals surface area contributed by atoms with E-state index in [0.29, 0.717) is 24.5 Å². The zero-order valence-electron chi connectivity index (χ0n) is 19.1. The minimum Gasteiger partial charge on any atom is -0.332 e. The molecule has 0 spiro atoms. The smallest absolute Gasteiger partial charge is 0.243 e. The van der Waals surface area contributed by atoms with Crippen LogP contribution in [0.15, 0.2) is 70.9 Å². The van der Waals surface area contributed by atoms with Crippen LogP contribution in [-0.2, 0) is 27.9 Å². The molecule has 0 aliphatic rings. The zero-order chi connectivity index (χ0) is 24.0. The molecule has 1 unspecified atom stereocenters. The standard InChI is InChI=1S/C25H29ClN2O3S2/c1-4-20(3)28(33(30,31)23-12-10-22(26)11-13-23)18-25(29)27(16-21-8-6-5-7-9-21)17-24-19(2)14-15-32-24/h5-15,20H,4,16-18H2,1-3H3. The Balaban J connectivity index is 1.90. The first-order valence-electron chi connectivity index (χ1n) is 10.8. The molecule has 0 fully saturated rings. The van der Waals surface area contributed by atoms with Crippen LogP contribution < -0.4 is 0 Å². The largest absolute Gasteiger partial charge is 0.332 e. The monoisotopic (exact) mass is 504 g/mol. The molecule has 0 saturated carbocycles. The van der Waals surface area contributed by atoms with Crippen LogP contribution in [-0.4, -0.2) is 36.1 Å². The van der Waals surface area contributed by atoms with Crippen LogP contribution in [0.25, 0.3) is 0 Å². The number of amides is 1. The van der Waals surface area contributed by atoms with Crippen molar-refractivity contribution in [3.8, 4) is 0 Å². The Hall–Kier alpha value is -2.19. The third-order valence-corrected chi connectivity index (χ3v) is 8.90. The number of hydrogen-bond acceptors (Lipinski definition) is 4. The minimum atomic E-state index is -3.87. The van der Waals surface area contributed by atoms with Gasteiger partial charge in [-0.3, -0.25) is 4.79 Å². The lowest BCUT2D eigenvalue weighted by molar-refractivity contribution is -0.133. The molecule has 33 heavy (non-hydrogen) atoms. The van der Waals surface area contributed by atoms with Crippen molar-refractivity contribution in [3.63, 3.8) is 0 Å². The second-order valence-electron chi connectivity index (χ2n) is 8.02. The molecule has 0 aliphatic heterocycles. The molecule has 0 N–H and O–H groups in total. The Labute approximate surface area is 205 Å².